The van der Waals surface area contributed by atoms with Gasteiger partial charge >= 0.3 is 0 Å². The normalized spacial score (nSPS) is 16.4. The molecule has 1 radical (unpaired) electrons. The summed E-state index contributed by atoms with van der Waals surface area (Å²) in [4.78, 5) is 9.60. The van der Waals surface area contributed by atoms with Crippen molar-refractivity contribution < 1.29 is 0 Å². The van der Waals surface area contributed by atoms with E-state index in [0.29, 0.717) is 5.78 Å². The Hall–Kier alpha value is -3.21. The summed E-state index contributed by atoms with van der Waals surface area (Å²) in [6.07, 6.45) is 6.37. The molecule has 2 fully saturated rings. The van der Waals surface area contributed by atoms with Crippen LogP contribution in [0.25, 0.3) is 28.2 Å². The minimum absolute atomic E-state index is 0.642. The van der Waals surface area contributed by atoms with Crippen LogP contribution in [0.4, 0.5) is 5.82 Å². The number of anilines is 1. The molecule has 2 aliphatic carbocycles. The molecule has 5 nitrogen and oxygen atoms in total. The molecule has 0 bridgehead atoms. The van der Waals surface area contributed by atoms with E-state index in [4.69, 9.17) is 4.98 Å². The molecule has 1 N–H and O–H groups in total. The number of benzene rings is 2. The van der Waals surface area contributed by atoms with Gasteiger partial charge in [-0.05, 0) is 49.7 Å². The molecule has 155 valence electrons. The molecule has 2 saturated carbocycles. The summed E-state index contributed by atoms with van der Waals surface area (Å²) in [5.74, 6) is 4.67. The molecular weight excluding hydrogens is 382 g/mol. The Balaban J connectivity index is 1.54. The van der Waals surface area contributed by atoms with Gasteiger partial charge in [-0.3, -0.25) is 0 Å². The van der Waals surface area contributed by atoms with E-state index in [1.54, 1.807) is 5.92 Å². The highest BCUT2D eigenvalue weighted by atomic mass is 15.4. The largest absolute Gasteiger partial charge is 0.369 e. The Morgan fingerprint density at radius 2 is 1.65 bits per heavy atom. The molecule has 5 heteroatoms. The molecule has 0 atom stereocenters. The fourth-order valence-corrected chi connectivity index (χ4v) is 4.32. The lowest BCUT2D eigenvalue weighted by atomic mass is 9.80. The Morgan fingerprint density at radius 1 is 0.903 bits per heavy atom. The molecule has 31 heavy (non-hydrogen) atoms. The van der Waals surface area contributed by atoms with E-state index >= 15 is 0 Å². The van der Waals surface area contributed by atoms with Crippen molar-refractivity contribution in [3.05, 3.63) is 71.9 Å². The van der Waals surface area contributed by atoms with E-state index in [2.05, 4.69) is 70.0 Å². The monoisotopic (exact) mass is 408 g/mol. The zero-order valence-electron chi connectivity index (χ0n) is 17.8. The lowest BCUT2D eigenvalue weighted by molar-refractivity contribution is 0.577. The number of fused-ring (bicyclic) bond motifs is 1. The van der Waals surface area contributed by atoms with Gasteiger partial charge < -0.3 is 5.32 Å². The summed E-state index contributed by atoms with van der Waals surface area (Å²) < 4.78 is 1.88. The summed E-state index contributed by atoms with van der Waals surface area (Å²) in [7, 11) is 0. The number of aromatic nitrogens is 4. The van der Waals surface area contributed by atoms with E-state index in [-0.39, 0.29) is 0 Å². The van der Waals surface area contributed by atoms with Gasteiger partial charge in [-0.1, -0.05) is 61.0 Å². The van der Waals surface area contributed by atoms with Crippen molar-refractivity contribution >= 4 is 11.6 Å². The first-order valence-corrected chi connectivity index (χ1v) is 11.3. The first-order valence-electron chi connectivity index (χ1n) is 11.3. The number of nitrogens with zero attached hydrogens (tertiary/aromatic N) is 4. The second-order valence-electron chi connectivity index (χ2n) is 8.78. The third-order valence-corrected chi connectivity index (χ3v) is 6.43. The van der Waals surface area contributed by atoms with Gasteiger partial charge in [-0.15, -0.1) is 5.10 Å². The number of aryl methyl sites for hydroxylation is 1. The van der Waals surface area contributed by atoms with Gasteiger partial charge in [0.15, 0.2) is 0 Å². The minimum Gasteiger partial charge on any atom is -0.369 e. The molecule has 6 rings (SSSR count). The summed E-state index contributed by atoms with van der Waals surface area (Å²) in [5.41, 5.74) is 5.65. The van der Waals surface area contributed by atoms with Gasteiger partial charge in [-0.25, -0.2) is 4.98 Å². The van der Waals surface area contributed by atoms with Crippen molar-refractivity contribution in [2.45, 2.75) is 39.0 Å². The molecule has 0 spiro atoms. The van der Waals surface area contributed by atoms with Crippen LogP contribution in [-0.2, 0) is 0 Å². The van der Waals surface area contributed by atoms with Crippen LogP contribution in [0.3, 0.4) is 0 Å². The molecular formula is C26H26N5. The quantitative estimate of drug-likeness (QED) is 0.445. The Kier molecular flexibility index (Phi) is 4.48. The first kappa shape index (κ1) is 18.6. The Bertz CT molecular complexity index is 1220. The topological polar surface area (TPSA) is 55.1 Å². The second kappa shape index (κ2) is 7.49. The molecule has 4 aromatic rings. The number of hydrogen-bond donors (Lipinski definition) is 1. The number of rotatable bonds is 6. The number of hydrogen-bond acceptors (Lipinski definition) is 4. The third kappa shape index (κ3) is 3.48. The van der Waals surface area contributed by atoms with Gasteiger partial charge in [-0.2, -0.15) is 9.50 Å². The van der Waals surface area contributed by atoms with Crippen molar-refractivity contribution in [3.63, 3.8) is 0 Å². The lowest BCUT2D eigenvalue weighted by Gasteiger charge is -2.25. The maximum Gasteiger partial charge on any atom is 0.254 e. The van der Waals surface area contributed by atoms with Crippen LogP contribution in [0, 0.1) is 18.8 Å². The summed E-state index contributed by atoms with van der Waals surface area (Å²) in [6.45, 7) is 2.88. The summed E-state index contributed by atoms with van der Waals surface area (Å²) in [5, 5.41) is 8.37. The number of nitrogens with one attached hydrogen (secondary N) is 1. The molecule has 0 aliphatic heterocycles. The van der Waals surface area contributed by atoms with Gasteiger partial charge in [0, 0.05) is 18.0 Å². The van der Waals surface area contributed by atoms with Crippen molar-refractivity contribution in [1.82, 2.24) is 19.6 Å². The summed E-state index contributed by atoms with van der Waals surface area (Å²) >= 11 is 0. The third-order valence-electron chi connectivity index (χ3n) is 6.43. The van der Waals surface area contributed by atoms with Crippen LogP contribution >= 0.6 is 0 Å². The van der Waals surface area contributed by atoms with Crippen molar-refractivity contribution in [2.75, 3.05) is 11.9 Å². The molecule has 2 aromatic heterocycles. The summed E-state index contributed by atoms with van der Waals surface area (Å²) in [6, 6.07) is 19.4. The SMILES string of the molecule is Cc1nc2nc(-c3ccc([C]4CCC4)cc3)c(-c3ccccc3)c(NCC3CC3)n2n1. The molecule has 2 aromatic carbocycles. The highest BCUT2D eigenvalue weighted by molar-refractivity contribution is 5.89. The van der Waals surface area contributed by atoms with E-state index in [0.717, 1.165) is 46.5 Å². The molecule has 2 aliphatic rings. The molecule has 0 saturated heterocycles. The maximum atomic E-state index is 5.00. The fraction of sp³-hybridized carbons (Fsp3) is 0.308. The maximum absolute atomic E-state index is 5.00. The van der Waals surface area contributed by atoms with Crippen LogP contribution in [0.15, 0.2) is 54.6 Å². The van der Waals surface area contributed by atoms with Crippen molar-refractivity contribution in [2.24, 2.45) is 5.92 Å². The van der Waals surface area contributed by atoms with Gasteiger partial charge in [0.05, 0.1) is 11.3 Å². The average molecular weight is 409 g/mol. The lowest BCUT2D eigenvalue weighted by Crippen LogP contribution is -2.12. The van der Waals surface area contributed by atoms with Crippen LogP contribution < -0.4 is 5.32 Å². The van der Waals surface area contributed by atoms with E-state index in [1.807, 2.05) is 11.4 Å². The van der Waals surface area contributed by atoms with Gasteiger partial charge in [0.2, 0.25) is 0 Å². The van der Waals surface area contributed by atoms with Gasteiger partial charge in [0.25, 0.3) is 5.78 Å². The first-order chi connectivity index (χ1) is 15.3. The Morgan fingerprint density at radius 3 is 2.32 bits per heavy atom. The van der Waals surface area contributed by atoms with Crippen LogP contribution in [0.2, 0.25) is 0 Å². The zero-order valence-corrected chi connectivity index (χ0v) is 17.8. The van der Waals surface area contributed by atoms with Crippen molar-refractivity contribution in [3.8, 4) is 22.4 Å². The van der Waals surface area contributed by atoms with E-state index in [9.17, 15) is 0 Å². The standard InChI is InChI=1S/C26H26N5/c1-17-28-26-29-24(22-14-12-20(13-15-22)19-8-5-9-19)23(21-6-3-2-4-7-21)25(31(26)30-17)27-16-18-10-11-18/h2-4,6-7,12-15,18,27H,5,8-11,16H2,1H3. The smallest absolute Gasteiger partial charge is 0.254 e. The van der Waals surface area contributed by atoms with Gasteiger partial charge in [0.1, 0.15) is 11.6 Å². The highest BCUT2D eigenvalue weighted by Crippen LogP contribution is 2.40. The molecule has 0 unspecified atom stereocenters. The predicted octanol–water partition coefficient (Wildman–Crippen LogP) is 5.70. The molecule has 0 amide bonds. The van der Waals surface area contributed by atoms with Crippen LogP contribution in [-0.4, -0.2) is 26.1 Å². The van der Waals surface area contributed by atoms with E-state index in [1.165, 1.54) is 37.7 Å². The van der Waals surface area contributed by atoms with Crippen LogP contribution in [0.5, 0.6) is 0 Å². The van der Waals surface area contributed by atoms with Crippen LogP contribution in [0.1, 0.15) is 43.5 Å². The molecule has 2 heterocycles. The average Bonchev–Trinajstić information content (AvgIpc) is 3.51. The van der Waals surface area contributed by atoms with E-state index < -0.39 is 0 Å². The highest BCUT2D eigenvalue weighted by Gasteiger charge is 2.25. The minimum atomic E-state index is 0.642. The Labute approximate surface area is 182 Å². The van der Waals surface area contributed by atoms with Crippen molar-refractivity contribution in [1.29, 1.82) is 0 Å². The zero-order chi connectivity index (χ0) is 20.8. The predicted molar refractivity (Wildman–Crippen MR) is 124 cm³/mol. The second-order valence-corrected chi connectivity index (χ2v) is 8.78. The fourth-order valence-electron chi connectivity index (χ4n) is 4.32.